The largest absolute Gasteiger partial charge is 0.382 e. The molecule has 1 N–H and O–H groups in total. The number of halogens is 3. The van der Waals surface area contributed by atoms with E-state index in [1.165, 1.54) is 23.4 Å². The van der Waals surface area contributed by atoms with Crippen molar-refractivity contribution in [1.29, 1.82) is 0 Å². The fraction of sp³-hybridized carbons (Fsp3) is 0.333. The van der Waals surface area contributed by atoms with Crippen molar-refractivity contribution in [2.24, 2.45) is 0 Å². The van der Waals surface area contributed by atoms with Crippen LogP contribution in [-0.2, 0) is 25.2 Å². The van der Waals surface area contributed by atoms with E-state index in [0.717, 1.165) is 28.6 Å². The zero-order valence-corrected chi connectivity index (χ0v) is 20.8. The molecule has 1 atom stereocenters. The molecule has 4 aromatic rings. The second-order valence-corrected chi connectivity index (χ2v) is 9.31. The third kappa shape index (κ3) is 6.36. The Morgan fingerprint density at radius 3 is 2.69 bits per heavy atom. The Morgan fingerprint density at radius 1 is 1.14 bits per heavy atom. The third-order valence-corrected chi connectivity index (χ3v) is 6.38. The average molecular weight is 546 g/mol. The molecule has 184 valence electrons. The minimum absolute atomic E-state index is 0.00640. The van der Waals surface area contributed by atoms with Gasteiger partial charge in [-0.25, -0.2) is 23.1 Å². The van der Waals surface area contributed by atoms with Gasteiger partial charge >= 0.3 is 0 Å². The van der Waals surface area contributed by atoms with Crippen molar-refractivity contribution in [3.05, 3.63) is 94.2 Å². The molecule has 0 radical (unpaired) electrons. The summed E-state index contributed by atoms with van der Waals surface area (Å²) in [6, 6.07) is 11.1. The fourth-order valence-corrected chi connectivity index (χ4v) is 4.50. The lowest BCUT2D eigenvalue weighted by Crippen LogP contribution is -2.44. The van der Waals surface area contributed by atoms with Gasteiger partial charge in [-0.1, -0.05) is 52.3 Å². The van der Waals surface area contributed by atoms with Crippen LogP contribution < -0.4 is 0 Å². The van der Waals surface area contributed by atoms with Crippen molar-refractivity contribution in [2.45, 2.75) is 38.6 Å². The van der Waals surface area contributed by atoms with Gasteiger partial charge in [-0.15, -0.1) is 5.10 Å². The predicted molar refractivity (Wildman–Crippen MR) is 129 cm³/mol. The summed E-state index contributed by atoms with van der Waals surface area (Å²) >= 11 is 3.55. The van der Waals surface area contributed by atoms with Crippen LogP contribution in [0.5, 0.6) is 0 Å². The minimum Gasteiger partial charge on any atom is -0.382 e. The van der Waals surface area contributed by atoms with Crippen molar-refractivity contribution >= 4 is 15.9 Å². The summed E-state index contributed by atoms with van der Waals surface area (Å²) in [6.07, 6.45) is 5.45. The standard InChI is InChI=1S/C24H26BrF2N7O/c1-2-9-32(12-20-13-33(31-30-20)11-18-5-3-4-6-22(18)25)14-24(35,15-34-17-28-16-29-34)21-8-7-19(26)10-23(21)27/h3-8,10,13,16-17,35H,2,9,11-12,14-15H2,1H3. The molecule has 0 aliphatic heterocycles. The highest BCUT2D eigenvalue weighted by Gasteiger charge is 2.35. The molecule has 0 saturated carbocycles. The number of hydrogen-bond donors (Lipinski definition) is 1. The summed E-state index contributed by atoms with van der Waals surface area (Å²) in [5.74, 6) is -1.52. The second kappa shape index (κ2) is 11.1. The number of hydrogen-bond acceptors (Lipinski definition) is 6. The van der Waals surface area contributed by atoms with Gasteiger partial charge in [0.15, 0.2) is 0 Å². The first-order valence-corrected chi connectivity index (χ1v) is 12.0. The quantitative estimate of drug-likeness (QED) is 0.309. The Morgan fingerprint density at radius 2 is 1.97 bits per heavy atom. The number of aromatic nitrogens is 6. The van der Waals surface area contributed by atoms with Gasteiger partial charge in [0.1, 0.15) is 29.9 Å². The smallest absolute Gasteiger partial charge is 0.137 e. The summed E-state index contributed by atoms with van der Waals surface area (Å²) in [5.41, 5.74) is 0.0931. The summed E-state index contributed by atoms with van der Waals surface area (Å²) in [5, 5.41) is 24.3. The first kappa shape index (κ1) is 25.1. The van der Waals surface area contributed by atoms with Crippen molar-refractivity contribution in [3.63, 3.8) is 0 Å². The zero-order valence-electron chi connectivity index (χ0n) is 19.2. The van der Waals surface area contributed by atoms with Gasteiger partial charge in [-0.05, 0) is 30.7 Å². The molecule has 0 spiro atoms. The highest BCUT2D eigenvalue weighted by atomic mass is 79.9. The van der Waals surface area contributed by atoms with Crippen LogP contribution in [0, 0.1) is 11.6 Å². The molecule has 0 aliphatic carbocycles. The van der Waals surface area contributed by atoms with Crippen molar-refractivity contribution < 1.29 is 13.9 Å². The summed E-state index contributed by atoms with van der Waals surface area (Å²) < 4.78 is 32.5. The van der Waals surface area contributed by atoms with Gasteiger partial charge in [0.05, 0.1) is 25.0 Å². The predicted octanol–water partition coefficient (Wildman–Crippen LogP) is 3.76. The SMILES string of the molecule is CCCN(Cc1cn(Cc2ccccc2Br)nn1)CC(O)(Cn1cncn1)c1ccc(F)cc1F. The van der Waals surface area contributed by atoms with Gasteiger partial charge in [-0.2, -0.15) is 5.10 Å². The van der Waals surface area contributed by atoms with Crippen LogP contribution in [0.4, 0.5) is 8.78 Å². The average Bonchev–Trinajstić information content (AvgIpc) is 3.47. The lowest BCUT2D eigenvalue weighted by molar-refractivity contribution is -0.0239. The van der Waals surface area contributed by atoms with Gasteiger partial charge in [0.25, 0.3) is 0 Å². The number of benzene rings is 2. The lowest BCUT2D eigenvalue weighted by Gasteiger charge is -2.34. The molecule has 0 fully saturated rings. The van der Waals surface area contributed by atoms with Crippen LogP contribution in [-0.4, -0.2) is 52.9 Å². The highest BCUT2D eigenvalue weighted by molar-refractivity contribution is 9.10. The molecule has 35 heavy (non-hydrogen) atoms. The Balaban J connectivity index is 1.56. The van der Waals surface area contributed by atoms with E-state index in [2.05, 4.69) is 36.3 Å². The summed E-state index contributed by atoms with van der Waals surface area (Å²) in [7, 11) is 0. The molecule has 0 bridgehead atoms. The Kier molecular flexibility index (Phi) is 7.99. The number of nitrogens with zero attached hydrogens (tertiary/aromatic N) is 7. The van der Waals surface area contributed by atoms with E-state index in [9.17, 15) is 13.9 Å². The van der Waals surface area contributed by atoms with Crippen molar-refractivity contribution in [3.8, 4) is 0 Å². The molecule has 0 saturated heterocycles. The number of rotatable bonds is 11. The molecule has 0 amide bonds. The fourth-order valence-electron chi connectivity index (χ4n) is 4.09. The van der Waals surface area contributed by atoms with Crippen molar-refractivity contribution in [2.75, 3.05) is 13.1 Å². The molecular formula is C24H26BrF2N7O. The topological polar surface area (TPSA) is 84.9 Å². The molecular weight excluding hydrogens is 520 g/mol. The lowest BCUT2D eigenvalue weighted by atomic mass is 9.92. The van der Waals surface area contributed by atoms with Crippen LogP contribution in [0.15, 0.2) is 65.8 Å². The van der Waals surface area contributed by atoms with E-state index >= 15 is 0 Å². The first-order chi connectivity index (χ1) is 16.9. The normalized spacial score (nSPS) is 13.3. The molecule has 4 rings (SSSR count). The molecule has 0 aliphatic rings. The van der Waals surface area contributed by atoms with E-state index in [4.69, 9.17) is 0 Å². The molecule has 2 aromatic carbocycles. The maximum absolute atomic E-state index is 14.8. The Bertz CT molecular complexity index is 1250. The van der Waals surface area contributed by atoms with E-state index in [1.807, 2.05) is 42.3 Å². The minimum atomic E-state index is -1.69. The van der Waals surface area contributed by atoms with Gasteiger partial charge < -0.3 is 5.11 Å². The maximum atomic E-state index is 14.8. The van der Waals surface area contributed by atoms with Gasteiger partial charge in [-0.3, -0.25) is 4.90 Å². The third-order valence-electron chi connectivity index (χ3n) is 5.61. The molecule has 1 unspecified atom stereocenters. The Hall–Kier alpha value is -3.02. The molecule has 11 heteroatoms. The van der Waals surface area contributed by atoms with E-state index < -0.39 is 17.2 Å². The monoisotopic (exact) mass is 545 g/mol. The van der Waals surface area contributed by atoms with Crippen LogP contribution in [0.25, 0.3) is 0 Å². The summed E-state index contributed by atoms with van der Waals surface area (Å²) in [4.78, 5) is 5.89. The molecule has 2 aromatic heterocycles. The van der Waals surface area contributed by atoms with Crippen molar-refractivity contribution in [1.82, 2.24) is 34.7 Å². The number of aliphatic hydroxyl groups is 1. The van der Waals surface area contributed by atoms with E-state index in [0.29, 0.717) is 25.3 Å². The summed E-state index contributed by atoms with van der Waals surface area (Å²) in [6.45, 7) is 3.61. The van der Waals surface area contributed by atoms with Crippen LogP contribution in [0.2, 0.25) is 0 Å². The van der Waals surface area contributed by atoms with Crippen LogP contribution in [0.1, 0.15) is 30.2 Å². The zero-order chi connectivity index (χ0) is 24.8. The van der Waals surface area contributed by atoms with Crippen LogP contribution in [0.3, 0.4) is 0 Å². The molecule has 2 heterocycles. The second-order valence-electron chi connectivity index (χ2n) is 8.46. The van der Waals surface area contributed by atoms with Gasteiger partial charge in [0, 0.05) is 29.2 Å². The maximum Gasteiger partial charge on any atom is 0.137 e. The van der Waals surface area contributed by atoms with Crippen LogP contribution >= 0.6 is 15.9 Å². The highest BCUT2D eigenvalue weighted by Crippen LogP contribution is 2.28. The van der Waals surface area contributed by atoms with E-state index in [-0.39, 0.29) is 18.7 Å². The molecule has 8 nitrogen and oxygen atoms in total. The first-order valence-electron chi connectivity index (χ1n) is 11.2. The van der Waals surface area contributed by atoms with Gasteiger partial charge in [0.2, 0.25) is 0 Å². The Labute approximate surface area is 210 Å². The van der Waals surface area contributed by atoms with E-state index in [1.54, 1.807) is 4.68 Å².